The predicted octanol–water partition coefficient (Wildman–Crippen LogP) is 1.43. The molecule has 1 heterocycles. The van der Waals surface area contributed by atoms with Crippen LogP contribution in [-0.2, 0) is 4.79 Å². The normalized spacial score (nSPS) is 18.8. The van der Waals surface area contributed by atoms with Crippen molar-refractivity contribution in [2.75, 3.05) is 19.6 Å². The number of nitrogens with two attached hydrogens (primary N) is 1. The van der Waals surface area contributed by atoms with Crippen molar-refractivity contribution >= 4 is 5.91 Å². The van der Waals surface area contributed by atoms with Gasteiger partial charge in [0.15, 0.2) is 0 Å². The van der Waals surface area contributed by atoms with Crippen LogP contribution >= 0.6 is 0 Å². The van der Waals surface area contributed by atoms with Crippen LogP contribution in [0.3, 0.4) is 0 Å². The third-order valence-corrected chi connectivity index (χ3v) is 3.75. The lowest BCUT2D eigenvalue weighted by atomic mass is 10.1. The fraction of sp³-hybridized carbons (Fsp3) is 0.533. The molecule has 0 saturated carbocycles. The second-order valence-electron chi connectivity index (χ2n) is 5.42. The summed E-state index contributed by atoms with van der Waals surface area (Å²) in [7, 11) is 0. The van der Waals surface area contributed by atoms with E-state index in [0.717, 1.165) is 25.9 Å². The van der Waals surface area contributed by atoms with Gasteiger partial charge in [-0.25, -0.2) is 4.39 Å². The third kappa shape index (κ3) is 4.02. The molecule has 1 aromatic rings. The van der Waals surface area contributed by atoms with Gasteiger partial charge in [0.25, 0.3) is 0 Å². The third-order valence-electron chi connectivity index (χ3n) is 3.75. The van der Waals surface area contributed by atoms with Crippen molar-refractivity contribution in [2.24, 2.45) is 5.73 Å². The Bertz CT molecular complexity index is 458. The van der Waals surface area contributed by atoms with Crippen LogP contribution in [0.1, 0.15) is 31.4 Å². The second kappa shape index (κ2) is 6.81. The molecule has 1 fully saturated rings. The summed E-state index contributed by atoms with van der Waals surface area (Å²) in [5, 5.41) is 2.84. The first-order chi connectivity index (χ1) is 9.56. The molecular weight excluding hydrogens is 257 g/mol. The van der Waals surface area contributed by atoms with Gasteiger partial charge in [-0.05, 0) is 25.8 Å². The van der Waals surface area contributed by atoms with Gasteiger partial charge in [-0.2, -0.15) is 0 Å². The van der Waals surface area contributed by atoms with Crippen LogP contribution in [0.25, 0.3) is 0 Å². The number of halogens is 1. The molecule has 1 saturated heterocycles. The number of nitrogens with one attached hydrogen (secondary N) is 1. The van der Waals surface area contributed by atoms with Crippen LogP contribution in [0.5, 0.6) is 0 Å². The zero-order valence-electron chi connectivity index (χ0n) is 11.8. The van der Waals surface area contributed by atoms with Gasteiger partial charge in [-0.1, -0.05) is 18.2 Å². The molecule has 1 atom stereocenters. The fourth-order valence-electron chi connectivity index (χ4n) is 2.51. The zero-order chi connectivity index (χ0) is 14.5. The monoisotopic (exact) mass is 279 g/mol. The molecule has 0 aromatic heterocycles. The van der Waals surface area contributed by atoms with Crippen LogP contribution in [-0.4, -0.2) is 36.5 Å². The predicted molar refractivity (Wildman–Crippen MR) is 76.6 cm³/mol. The van der Waals surface area contributed by atoms with E-state index in [1.807, 2.05) is 0 Å². The van der Waals surface area contributed by atoms with Crippen molar-refractivity contribution in [3.8, 4) is 0 Å². The summed E-state index contributed by atoms with van der Waals surface area (Å²) in [4.78, 5) is 14.1. The lowest BCUT2D eigenvalue weighted by molar-refractivity contribution is -0.123. The Hall–Kier alpha value is -1.46. The van der Waals surface area contributed by atoms with Gasteiger partial charge in [0.05, 0.1) is 12.6 Å². The van der Waals surface area contributed by atoms with Crippen LogP contribution in [0, 0.1) is 5.82 Å². The van der Waals surface area contributed by atoms with Gasteiger partial charge in [0, 0.05) is 24.7 Å². The average molecular weight is 279 g/mol. The topological polar surface area (TPSA) is 58.4 Å². The van der Waals surface area contributed by atoms with Crippen molar-refractivity contribution in [3.63, 3.8) is 0 Å². The fourth-order valence-corrected chi connectivity index (χ4v) is 2.51. The largest absolute Gasteiger partial charge is 0.348 e. The molecule has 1 aliphatic heterocycles. The molecule has 2 rings (SSSR count). The van der Waals surface area contributed by atoms with E-state index < -0.39 is 0 Å². The second-order valence-corrected chi connectivity index (χ2v) is 5.42. The Labute approximate surface area is 119 Å². The number of amides is 1. The summed E-state index contributed by atoms with van der Waals surface area (Å²) in [5.41, 5.74) is 6.35. The number of rotatable bonds is 4. The highest BCUT2D eigenvalue weighted by Crippen LogP contribution is 2.16. The van der Waals surface area contributed by atoms with Crippen molar-refractivity contribution in [2.45, 2.75) is 31.8 Å². The van der Waals surface area contributed by atoms with Crippen molar-refractivity contribution in [1.29, 1.82) is 0 Å². The molecule has 1 aliphatic rings. The van der Waals surface area contributed by atoms with Crippen molar-refractivity contribution in [3.05, 3.63) is 35.6 Å². The van der Waals surface area contributed by atoms with Crippen LogP contribution in [0.15, 0.2) is 24.3 Å². The molecule has 0 radical (unpaired) electrons. The maximum absolute atomic E-state index is 13.6. The first-order valence-corrected chi connectivity index (χ1v) is 7.08. The molecule has 5 heteroatoms. The van der Waals surface area contributed by atoms with E-state index in [1.165, 1.54) is 6.07 Å². The Morgan fingerprint density at radius 1 is 1.45 bits per heavy atom. The molecule has 4 nitrogen and oxygen atoms in total. The van der Waals surface area contributed by atoms with Crippen molar-refractivity contribution < 1.29 is 9.18 Å². The molecule has 110 valence electrons. The summed E-state index contributed by atoms with van der Waals surface area (Å²) in [6.45, 7) is 3.85. The molecule has 1 amide bonds. The van der Waals surface area contributed by atoms with E-state index in [0.29, 0.717) is 12.1 Å². The first kappa shape index (κ1) is 14.9. The zero-order valence-corrected chi connectivity index (χ0v) is 11.8. The molecule has 0 aliphatic carbocycles. The maximum atomic E-state index is 13.6. The molecule has 1 aromatic carbocycles. The Morgan fingerprint density at radius 3 is 2.75 bits per heavy atom. The van der Waals surface area contributed by atoms with E-state index >= 15 is 0 Å². The van der Waals surface area contributed by atoms with Gasteiger partial charge >= 0.3 is 0 Å². The number of nitrogens with zero attached hydrogens (tertiary/aromatic N) is 1. The summed E-state index contributed by atoms with van der Waals surface area (Å²) in [6.07, 6.45) is 1.85. The van der Waals surface area contributed by atoms with Gasteiger partial charge in [-0.15, -0.1) is 0 Å². The number of likely N-dealkylation sites (tertiary alicyclic amines) is 1. The minimum atomic E-state index is -0.323. The summed E-state index contributed by atoms with van der Waals surface area (Å²) in [5.74, 6) is -0.361. The summed E-state index contributed by atoms with van der Waals surface area (Å²) in [6, 6.07) is 6.45. The van der Waals surface area contributed by atoms with Crippen LogP contribution in [0.2, 0.25) is 0 Å². The maximum Gasteiger partial charge on any atom is 0.234 e. The highest BCUT2D eigenvalue weighted by molar-refractivity contribution is 5.78. The minimum absolute atomic E-state index is 0.0729. The average Bonchev–Trinajstić information content (AvgIpc) is 2.41. The quantitative estimate of drug-likeness (QED) is 0.876. The molecule has 0 bridgehead atoms. The van der Waals surface area contributed by atoms with Gasteiger partial charge in [-0.3, -0.25) is 9.69 Å². The molecular formula is C15H22FN3O. The molecule has 0 spiro atoms. The lowest BCUT2D eigenvalue weighted by Crippen LogP contribution is -2.44. The Balaban J connectivity index is 1.84. The molecule has 3 N–H and O–H groups in total. The van der Waals surface area contributed by atoms with E-state index in [9.17, 15) is 9.18 Å². The highest BCUT2D eigenvalue weighted by Gasteiger charge is 2.19. The lowest BCUT2D eigenvalue weighted by Gasteiger charge is -2.29. The Kier molecular flexibility index (Phi) is 5.09. The number of hydrogen-bond donors (Lipinski definition) is 2. The van der Waals surface area contributed by atoms with E-state index in [2.05, 4.69) is 10.2 Å². The van der Waals surface area contributed by atoms with E-state index in [1.54, 1.807) is 25.1 Å². The van der Waals surface area contributed by atoms with E-state index in [-0.39, 0.29) is 23.8 Å². The van der Waals surface area contributed by atoms with Crippen LogP contribution < -0.4 is 11.1 Å². The Morgan fingerprint density at radius 2 is 2.10 bits per heavy atom. The summed E-state index contributed by atoms with van der Waals surface area (Å²) >= 11 is 0. The van der Waals surface area contributed by atoms with Crippen molar-refractivity contribution in [1.82, 2.24) is 10.2 Å². The molecule has 0 unspecified atom stereocenters. The standard InChI is InChI=1S/C15H22FN3O/c1-11(13-4-2-3-5-14(13)16)18-15(20)10-19-8-6-12(17)7-9-19/h2-5,11-12H,6-10,17H2,1H3,(H,18,20)/t11-/m1/s1. The van der Waals surface area contributed by atoms with E-state index in [4.69, 9.17) is 5.73 Å². The van der Waals surface area contributed by atoms with Gasteiger partial charge in [0.2, 0.25) is 5.91 Å². The minimum Gasteiger partial charge on any atom is -0.348 e. The number of carbonyl (C=O) groups excluding carboxylic acids is 1. The highest BCUT2D eigenvalue weighted by atomic mass is 19.1. The number of hydrogen-bond acceptors (Lipinski definition) is 3. The number of piperidine rings is 1. The van der Waals surface area contributed by atoms with Gasteiger partial charge in [0.1, 0.15) is 5.82 Å². The SMILES string of the molecule is C[C@@H](NC(=O)CN1CCC(N)CC1)c1ccccc1F. The van der Waals surface area contributed by atoms with Crippen LogP contribution in [0.4, 0.5) is 4.39 Å². The summed E-state index contributed by atoms with van der Waals surface area (Å²) < 4.78 is 13.6. The number of carbonyl (C=O) groups is 1. The number of benzene rings is 1. The smallest absolute Gasteiger partial charge is 0.234 e. The van der Waals surface area contributed by atoms with Gasteiger partial charge < -0.3 is 11.1 Å². The molecule has 20 heavy (non-hydrogen) atoms. The first-order valence-electron chi connectivity index (χ1n) is 7.08.